The second kappa shape index (κ2) is 11.5. The molecule has 13 nitrogen and oxygen atoms in total. The molecule has 1 unspecified atom stereocenters. The van der Waals surface area contributed by atoms with Crippen LogP contribution < -0.4 is 27.0 Å². The molecule has 7 N–H and O–H groups in total. The summed E-state index contributed by atoms with van der Waals surface area (Å²) in [6.45, 7) is -0.485. The van der Waals surface area contributed by atoms with Gasteiger partial charge in [0.15, 0.2) is 5.96 Å². The van der Waals surface area contributed by atoms with E-state index in [9.17, 15) is 24.0 Å². The van der Waals surface area contributed by atoms with E-state index in [1.165, 1.54) is 0 Å². The third-order valence-electron chi connectivity index (χ3n) is 3.70. The first-order valence-electron chi connectivity index (χ1n) is 8.60. The lowest BCUT2D eigenvalue weighted by Crippen LogP contribution is -2.47. The summed E-state index contributed by atoms with van der Waals surface area (Å²) in [5, 5.41) is 17.5. The summed E-state index contributed by atoms with van der Waals surface area (Å²) in [6.07, 6.45) is 0.975. The summed E-state index contributed by atoms with van der Waals surface area (Å²) < 4.78 is 0. The third kappa shape index (κ3) is 7.99. The Bertz CT molecular complexity index is 622. The normalized spacial score (nSPS) is 14.4. The molecular formula is C15H25N7O6. The maximum absolute atomic E-state index is 12.0. The molecule has 0 aromatic heterocycles. The molecule has 156 valence electrons. The molecule has 0 bridgehead atoms. The van der Waals surface area contributed by atoms with E-state index in [1.54, 1.807) is 7.05 Å². The van der Waals surface area contributed by atoms with Crippen LogP contribution in [0.1, 0.15) is 25.7 Å². The van der Waals surface area contributed by atoms with Gasteiger partial charge in [0.2, 0.25) is 11.8 Å². The fourth-order valence-electron chi connectivity index (χ4n) is 2.25. The van der Waals surface area contributed by atoms with Gasteiger partial charge in [-0.3, -0.25) is 24.6 Å². The molecule has 4 amide bonds. The van der Waals surface area contributed by atoms with Crippen LogP contribution in [0.15, 0.2) is 0 Å². The average molecular weight is 399 g/mol. The number of guanidine groups is 1. The predicted molar refractivity (Wildman–Crippen MR) is 95.2 cm³/mol. The largest absolute Gasteiger partial charge is 0.370 e. The summed E-state index contributed by atoms with van der Waals surface area (Å²) in [4.78, 5) is 62.6. The number of nitrogens with zero attached hydrogens (tertiary/aromatic N) is 1. The van der Waals surface area contributed by atoms with Crippen LogP contribution in [0.2, 0.25) is 0 Å². The zero-order chi connectivity index (χ0) is 21.1. The Morgan fingerprint density at radius 2 is 1.79 bits per heavy atom. The molecule has 1 atom stereocenters. The van der Waals surface area contributed by atoms with Crippen molar-refractivity contribution in [3.8, 4) is 0 Å². The van der Waals surface area contributed by atoms with Gasteiger partial charge in [-0.2, -0.15) is 0 Å². The highest BCUT2D eigenvalue weighted by atomic mass is 16.7. The summed E-state index contributed by atoms with van der Waals surface area (Å²) in [5.74, 6) is -3.41. The van der Waals surface area contributed by atoms with Gasteiger partial charge in [-0.1, -0.05) is 0 Å². The number of hydroxylamine groups is 2. The quantitative estimate of drug-likeness (QED) is 0.0891. The average Bonchev–Trinajstić information content (AvgIpc) is 2.96. The molecule has 0 saturated carbocycles. The number of hydrogen-bond donors (Lipinski definition) is 6. The summed E-state index contributed by atoms with van der Waals surface area (Å²) >= 11 is 0. The molecule has 1 aliphatic heterocycles. The maximum Gasteiger partial charge on any atom is 0.352 e. The minimum Gasteiger partial charge on any atom is -0.370 e. The van der Waals surface area contributed by atoms with Crippen LogP contribution in [0.3, 0.4) is 0 Å². The van der Waals surface area contributed by atoms with Gasteiger partial charge in [0.05, 0.1) is 12.6 Å². The van der Waals surface area contributed by atoms with Crippen molar-refractivity contribution in [2.45, 2.75) is 31.7 Å². The van der Waals surface area contributed by atoms with Crippen molar-refractivity contribution in [3.63, 3.8) is 0 Å². The number of rotatable bonds is 11. The van der Waals surface area contributed by atoms with Gasteiger partial charge >= 0.3 is 5.97 Å². The molecule has 0 aromatic rings. The lowest BCUT2D eigenvalue weighted by atomic mass is 10.1. The topological polar surface area (TPSA) is 196 Å². The fraction of sp³-hybridized carbons (Fsp3) is 0.600. The van der Waals surface area contributed by atoms with Crippen LogP contribution in [0.5, 0.6) is 0 Å². The van der Waals surface area contributed by atoms with Crippen molar-refractivity contribution in [2.75, 3.05) is 26.7 Å². The van der Waals surface area contributed by atoms with E-state index in [2.05, 4.69) is 26.1 Å². The third-order valence-corrected chi connectivity index (χ3v) is 3.70. The molecule has 1 aliphatic rings. The number of nitrogens with one attached hydrogen (secondary N) is 5. The van der Waals surface area contributed by atoms with Crippen molar-refractivity contribution in [2.24, 2.45) is 5.73 Å². The van der Waals surface area contributed by atoms with Crippen LogP contribution in [0.4, 0.5) is 0 Å². The molecule has 1 fully saturated rings. The smallest absolute Gasteiger partial charge is 0.352 e. The second-order valence-electron chi connectivity index (χ2n) is 5.86. The fourth-order valence-corrected chi connectivity index (χ4v) is 2.25. The number of imide groups is 1. The lowest BCUT2D eigenvalue weighted by molar-refractivity contribution is -0.196. The van der Waals surface area contributed by atoms with Gasteiger partial charge in [0.25, 0.3) is 11.8 Å². The molecule has 1 heterocycles. The first-order chi connectivity index (χ1) is 13.2. The molecule has 28 heavy (non-hydrogen) atoms. The first-order valence-corrected chi connectivity index (χ1v) is 8.60. The molecule has 0 aliphatic carbocycles. The summed E-state index contributed by atoms with van der Waals surface area (Å²) in [6, 6.07) is -0.543. The maximum atomic E-state index is 12.0. The second-order valence-corrected chi connectivity index (χ2v) is 5.86. The minimum atomic E-state index is -0.977. The van der Waals surface area contributed by atoms with E-state index in [0.29, 0.717) is 24.4 Å². The molecular weight excluding hydrogens is 374 g/mol. The van der Waals surface area contributed by atoms with Crippen molar-refractivity contribution in [1.82, 2.24) is 26.3 Å². The van der Waals surface area contributed by atoms with Gasteiger partial charge in [-0.15, -0.1) is 5.06 Å². The van der Waals surface area contributed by atoms with Crippen molar-refractivity contribution in [3.05, 3.63) is 0 Å². The Hall–Kier alpha value is -3.22. The number of hydrogen-bond acceptors (Lipinski definition) is 8. The van der Waals surface area contributed by atoms with Gasteiger partial charge in [-0.25, -0.2) is 4.79 Å². The number of amides is 4. The van der Waals surface area contributed by atoms with Gasteiger partial charge in [0.1, 0.15) is 6.54 Å². The van der Waals surface area contributed by atoms with Gasteiger partial charge < -0.3 is 31.8 Å². The Kier molecular flexibility index (Phi) is 9.36. The highest BCUT2D eigenvalue weighted by molar-refractivity contribution is 6.01. The van der Waals surface area contributed by atoms with Crippen LogP contribution in [0, 0.1) is 5.41 Å². The molecule has 0 radical (unpaired) electrons. The standard InChI is InChI=1S/C15H25N7O6/c1-18-9(3-2-6-19-15(16)17)14(27)21-7-10(23)20-8-13(26)28-22-11(24)4-5-12(22)25/h9,18H,2-8H2,1H3,(H,20,23)(H,21,27)(H4,16,17,19). The number of carbonyl (C=O) groups is 5. The minimum absolute atomic E-state index is 0.0258. The van der Waals surface area contributed by atoms with Crippen LogP contribution in [-0.4, -0.2) is 73.3 Å². The SMILES string of the molecule is CNC(CCCNC(=N)N)C(=O)NCC(=O)NCC(=O)ON1C(=O)CCC1=O. The highest BCUT2D eigenvalue weighted by Crippen LogP contribution is 2.11. The Labute approximate surface area is 161 Å². The van der Waals surface area contributed by atoms with E-state index in [0.717, 1.165) is 0 Å². The van der Waals surface area contributed by atoms with E-state index >= 15 is 0 Å². The van der Waals surface area contributed by atoms with E-state index in [1.807, 2.05) is 0 Å². The van der Waals surface area contributed by atoms with Crippen LogP contribution >= 0.6 is 0 Å². The van der Waals surface area contributed by atoms with E-state index < -0.39 is 42.2 Å². The van der Waals surface area contributed by atoms with Crippen molar-refractivity contribution in [1.29, 1.82) is 5.41 Å². The zero-order valence-corrected chi connectivity index (χ0v) is 15.5. The molecule has 1 saturated heterocycles. The molecule has 13 heteroatoms. The Morgan fingerprint density at radius 1 is 1.14 bits per heavy atom. The zero-order valence-electron chi connectivity index (χ0n) is 15.5. The Balaban J connectivity index is 2.25. The van der Waals surface area contributed by atoms with Crippen LogP contribution in [0.25, 0.3) is 0 Å². The first kappa shape index (κ1) is 22.8. The highest BCUT2D eigenvalue weighted by Gasteiger charge is 2.32. The monoisotopic (exact) mass is 399 g/mol. The van der Waals surface area contributed by atoms with E-state index in [4.69, 9.17) is 11.1 Å². The summed E-state index contributed by atoms with van der Waals surface area (Å²) in [5.41, 5.74) is 5.16. The number of nitrogens with two attached hydrogens (primary N) is 1. The van der Waals surface area contributed by atoms with Crippen molar-refractivity contribution >= 4 is 35.6 Å². The van der Waals surface area contributed by atoms with E-state index in [-0.39, 0.29) is 25.3 Å². The number of carbonyl (C=O) groups excluding carboxylic acids is 5. The van der Waals surface area contributed by atoms with Gasteiger partial charge in [0, 0.05) is 19.4 Å². The molecule has 0 spiro atoms. The number of likely N-dealkylation sites (N-methyl/N-ethyl adjacent to an activating group) is 1. The predicted octanol–water partition coefficient (Wildman–Crippen LogP) is -3.32. The molecule has 0 aromatic carbocycles. The summed E-state index contributed by atoms with van der Waals surface area (Å²) in [7, 11) is 1.60. The van der Waals surface area contributed by atoms with Crippen LogP contribution in [-0.2, 0) is 28.8 Å². The Morgan fingerprint density at radius 3 is 2.36 bits per heavy atom. The van der Waals surface area contributed by atoms with Crippen molar-refractivity contribution < 1.29 is 28.8 Å². The lowest BCUT2D eigenvalue weighted by Gasteiger charge is -2.16. The molecule has 1 rings (SSSR count). The van der Waals surface area contributed by atoms with Gasteiger partial charge in [-0.05, 0) is 19.9 Å².